The summed E-state index contributed by atoms with van der Waals surface area (Å²) in [6.45, 7) is 0.790. The van der Waals surface area contributed by atoms with Crippen LogP contribution in [0.2, 0.25) is 0 Å². The molecule has 0 atom stereocenters. The third-order valence-electron chi connectivity index (χ3n) is 3.39. The summed E-state index contributed by atoms with van der Waals surface area (Å²) in [7, 11) is 1.91. The molecular formula is C13H16BrNO. The third kappa shape index (κ3) is 2.06. The fourth-order valence-corrected chi connectivity index (χ4v) is 2.76. The Morgan fingerprint density at radius 2 is 2.25 bits per heavy atom. The van der Waals surface area contributed by atoms with E-state index in [4.69, 9.17) is 0 Å². The van der Waals surface area contributed by atoms with Gasteiger partial charge in [-0.2, -0.15) is 0 Å². The van der Waals surface area contributed by atoms with Crippen molar-refractivity contribution in [2.45, 2.75) is 19.3 Å². The first-order valence-corrected chi connectivity index (χ1v) is 6.42. The van der Waals surface area contributed by atoms with E-state index >= 15 is 0 Å². The van der Waals surface area contributed by atoms with E-state index in [9.17, 15) is 4.79 Å². The molecule has 0 saturated heterocycles. The molecule has 1 N–H and O–H groups in total. The Bertz CT molecular complexity index is 399. The van der Waals surface area contributed by atoms with Crippen LogP contribution in [0.15, 0.2) is 28.7 Å². The summed E-state index contributed by atoms with van der Waals surface area (Å²) in [6, 6.07) is 7.69. The zero-order chi connectivity index (χ0) is 11.6. The van der Waals surface area contributed by atoms with Crippen molar-refractivity contribution in [2.24, 2.45) is 5.41 Å². The largest absolute Gasteiger partial charge is 0.319 e. The van der Waals surface area contributed by atoms with Crippen LogP contribution in [-0.4, -0.2) is 19.4 Å². The lowest BCUT2D eigenvalue weighted by Crippen LogP contribution is -2.45. The quantitative estimate of drug-likeness (QED) is 0.860. The Morgan fingerprint density at radius 1 is 1.50 bits per heavy atom. The van der Waals surface area contributed by atoms with Crippen LogP contribution in [0.25, 0.3) is 0 Å². The molecule has 0 amide bonds. The molecule has 0 aliphatic heterocycles. The minimum absolute atomic E-state index is 0.143. The molecule has 1 aromatic carbocycles. The van der Waals surface area contributed by atoms with Crippen molar-refractivity contribution in [1.82, 2.24) is 5.32 Å². The highest BCUT2D eigenvalue weighted by molar-refractivity contribution is 9.10. The van der Waals surface area contributed by atoms with Gasteiger partial charge in [0, 0.05) is 22.0 Å². The average molecular weight is 282 g/mol. The minimum Gasteiger partial charge on any atom is -0.319 e. The summed E-state index contributed by atoms with van der Waals surface area (Å²) < 4.78 is 0.970. The maximum absolute atomic E-state index is 12.4. The second-order valence-electron chi connectivity index (χ2n) is 4.50. The second-order valence-corrected chi connectivity index (χ2v) is 5.42. The highest BCUT2D eigenvalue weighted by Gasteiger charge is 2.43. The smallest absolute Gasteiger partial charge is 0.170 e. The van der Waals surface area contributed by atoms with Crippen LogP contribution in [0.1, 0.15) is 29.6 Å². The Hall–Kier alpha value is -0.670. The summed E-state index contributed by atoms with van der Waals surface area (Å²) in [4.78, 5) is 12.4. The Labute approximate surface area is 105 Å². The Morgan fingerprint density at radius 3 is 2.75 bits per heavy atom. The molecule has 16 heavy (non-hydrogen) atoms. The molecule has 0 unspecified atom stereocenters. The molecule has 1 saturated carbocycles. The fourth-order valence-electron chi connectivity index (χ4n) is 2.36. The zero-order valence-corrected chi connectivity index (χ0v) is 11.0. The molecule has 86 valence electrons. The molecule has 0 radical (unpaired) electrons. The molecule has 2 rings (SSSR count). The zero-order valence-electron chi connectivity index (χ0n) is 9.42. The van der Waals surface area contributed by atoms with Gasteiger partial charge >= 0.3 is 0 Å². The van der Waals surface area contributed by atoms with E-state index in [-0.39, 0.29) is 11.2 Å². The second kappa shape index (κ2) is 4.68. The summed E-state index contributed by atoms with van der Waals surface area (Å²) in [5, 5.41) is 3.14. The maximum atomic E-state index is 12.4. The molecule has 0 spiro atoms. The van der Waals surface area contributed by atoms with E-state index in [0.717, 1.165) is 29.4 Å². The van der Waals surface area contributed by atoms with Crippen LogP contribution in [0.5, 0.6) is 0 Å². The SMILES string of the molecule is CNCC1(C(=O)c2cccc(Br)c2)CCC1. The van der Waals surface area contributed by atoms with Gasteiger partial charge in [-0.3, -0.25) is 4.79 Å². The number of hydrogen-bond acceptors (Lipinski definition) is 2. The topological polar surface area (TPSA) is 29.1 Å². The van der Waals surface area contributed by atoms with Crippen molar-refractivity contribution < 1.29 is 4.79 Å². The van der Waals surface area contributed by atoms with Crippen LogP contribution >= 0.6 is 15.9 Å². The first-order valence-electron chi connectivity index (χ1n) is 5.63. The van der Waals surface area contributed by atoms with Crippen LogP contribution in [-0.2, 0) is 0 Å². The number of benzene rings is 1. The number of hydrogen-bond donors (Lipinski definition) is 1. The first-order chi connectivity index (χ1) is 7.68. The molecule has 1 fully saturated rings. The van der Waals surface area contributed by atoms with E-state index < -0.39 is 0 Å². The molecular weight excluding hydrogens is 266 g/mol. The Balaban J connectivity index is 2.23. The maximum Gasteiger partial charge on any atom is 0.170 e. The van der Waals surface area contributed by atoms with Gasteiger partial charge < -0.3 is 5.32 Å². The predicted octanol–water partition coefficient (Wildman–Crippen LogP) is 3.02. The predicted molar refractivity (Wildman–Crippen MR) is 68.7 cm³/mol. The molecule has 0 aromatic heterocycles. The van der Waals surface area contributed by atoms with Crippen molar-refractivity contribution in [2.75, 3.05) is 13.6 Å². The number of halogens is 1. The van der Waals surface area contributed by atoms with Crippen molar-refractivity contribution in [3.05, 3.63) is 34.3 Å². The van der Waals surface area contributed by atoms with Crippen LogP contribution in [0.4, 0.5) is 0 Å². The van der Waals surface area contributed by atoms with E-state index in [0.29, 0.717) is 0 Å². The van der Waals surface area contributed by atoms with Gasteiger partial charge in [0.2, 0.25) is 0 Å². The number of Topliss-reactive ketones (excluding diaryl/α,β-unsaturated/α-hetero) is 1. The number of carbonyl (C=O) groups excluding carboxylic acids is 1. The van der Waals surface area contributed by atoms with Gasteiger partial charge in [-0.1, -0.05) is 34.5 Å². The van der Waals surface area contributed by atoms with Crippen molar-refractivity contribution in [3.63, 3.8) is 0 Å². The molecule has 0 bridgehead atoms. The normalized spacial score (nSPS) is 17.9. The highest BCUT2D eigenvalue weighted by atomic mass is 79.9. The fraction of sp³-hybridized carbons (Fsp3) is 0.462. The van der Waals surface area contributed by atoms with E-state index in [2.05, 4.69) is 21.2 Å². The number of rotatable bonds is 4. The molecule has 1 aliphatic rings. The Kier molecular flexibility index (Phi) is 3.45. The summed E-state index contributed by atoms with van der Waals surface area (Å²) >= 11 is 3.41. The van der Waals surface area contributed by atoms with Crippen LogP contribution < -0.4 is 5.32 Å². The lowest BCUT2D eigenvalue weighted by molar-refractivity contribution is 0.0614. The minimum atomic E-state index is -0.143. The lowest BCUT2D eigenvalue weighted by atomic mass is 9.64. The van der Waals surface area contributed by atoms with E-state index in [1.165, 1.54) is 6.42 Å². The number of ketones is 1. The molecule has 0 heterocycles. The number of nitrogens with one attached hydrogen (secondary N) is 1. The first kappa shape index (κ1) is 11.8. The monoisotopic (exact) mass is 281 g/mol. The average Bonchev–Trinajstić information content (AvgIpc) is 2.22. The van der Waals surface area contributed by atoms with Gasteiger partial charge in [-0.25, -0.2) is 0 Å². The summed E-state index contributed by atoms with van der Waals surface area (Å²) in [5.41, 5.74) is 0.680. The van der Waals surface area contributed by atoms with Crippen LogP contribution in [0, 0.1) is 5.41 Å². The van der Waals surface area contributed by atoms with Gasteiger partial charge in [-0.05, 0) is 32.0 Å². The van der Waals surface area contributed by atoms with Crippen molar-refractivity contribution in [3.8, 4) is 0 Å². The summed E-state index contributed by atoms with van der Waals surface area (Å²) in [6.07, 6.45) is 3.19. The number of carbonyl (C=O) groups is 1. The third-order valence-corrected chi connectivity index (χ3v) is 3.89. The molecule has 1 aromatic rings. The summed E-state index contributed by atoms with van der Waals surface area (Å²) in [5.74, 6) is 0.286. The highest BCUT2D eigenvalue weighted by Crippen LogP contribution is 2.43. The standard InChI is InChI=1S/C13H16BrNO/c1-15-9-13(6-3-7-13)12(16)10-4-2-5-11(14)8-10/h2,4-5,8,15H,3,6-7,9H2,1H3. The molecule has 3 heteroatoms. The van der Waals surface area contributed by atoms with Gasteiger partial charge in [0.25, 0.3) is 0 Å². The van der Waals surface area contributed by atoms with Gasteiger partial charge in [0.1, 0.15) is 0 Å². The van der Waals surface area contributed by atoms with E-state index in [1.807, 2.05) is 31.3 Å². The van der Waals surface area contributed by atoms with Gasteiger partial charge in [-0.15, -0.1) is 0 Å². The lowest BCUT2D eigenvalue weighted by Gasteiger charge is -2.40. The van der Waals surface area contributed by atoms with Crippen LogP contribution in [0.3, 0.4) is 0 Å². The van der Waals surface area contributed by atoms with Crippen molar-refractivity contribution >= 4 is 21.7 Å². The van der Waals surface area contributed by atoms with Crippen molar-refractivity contribution in [1.29, 1.82) is 0 Å². The molecule has 1 aliphatic carbocycles. The van der Waals surface area contributed by atoms with Gasteiger partial charge in [0.15, 0.2) is 5.78 Å². The molecule has 2 nitrogen and oxygen atoms in total. The van der Waals surface area contributed by atoms with Gasteiger partial charge in [0.05, 0.1) is 0 Å². The van der Waals surface area contributed by atoms with E-state index in [1.54, 1.807) is 0 Å².